The molecule has 0 aromatic heterocycles. The van der Waals surface area contributed by atoms with Crippen molar-refractivity contribution in [2.24, 2.45) is 5.92 Å². The molecule has 0 aliphatic carbocycles. The summed E-state index contributed by atoms with van der Waals surface area (Å²) in [5, 5.41) is 2.56. The van der Waals surface area contributed by atoms with Gasteiger partial charge in [0.15, 0.2) is 13.6 Å². The molecule has 2 atom stereocenters. The summed E-state index contributed by atoms with van der Waals surface area (Å²) in [7, 11) is -5.22. The third-order valence-corrected chi connectivity index (χ3v) is 7.41. The summed E-state index contributed by atoms with van der Waals surface area (Å²) in [6, 6.07) is 0.0863. The maximum Gasteiger partial charge on any atom is 0.355 e. The zero-order valence-corrected chi connectivity index (χ0v) is 17.6. The number of rotatable bonds is 9. The standard InChI is InChI=1S/C15H34NO5PSi/c1-8-19-22(17,20-9-2)15(12-21-23(5,6)7)11-18-10-14(16-15)13(3)4/h13-14,16H,8-12H2,1-7H3/t14-,15-/m1/s1. The maximum absolute atomic E-state index is 13.5. The average molecular weight is 367 g/mol. The predicted molar refractivity (Wildman–Crippen MR) is 95.5 cm³/mol. The molecule has 0 spiro atoms. The van der Waals surface area contributed by atoms with Crippen molar-refractivity contribution in [1.29, 1.82) is 0 Å². The second-order valence-corrected chi connectivity index (χ2v) is 14.2. The SMILES string of the molecule is CCOP(=O)(OCC)[C@@]1(CO[Si](C)(C)C)COC[C@H](C(C)C)N1. The Labute approximate surface area is 142 Å². The van der Waals surface area contributed by atoms with Gasteiger partial charge < -0.3 is 18.2 Å². The highest BCUT2D eigenvalue weighted by Crippen LogP contribution is 2.60. The highest BCUT2D eigenvalue weighted by atomic mass is 31.2. The van der Waals surface area contributed by atoms with Crippen LogP contribution in [0.25, 0.3) is 0 Å². The summed E-state index contributed by atoms with van der Waals surface area (Å²) in [4.78, 5) is 0. The molecule has 1 rings (SSSR count). The third-order valence-electron chi connectivity index (χ3n) is 3.76. The Bertz CT molecular complexity index is 405. The quantitative estimate of drug-likeness (QED) is 0.497. The number of ether oxygens (including phenoxy) is 1. The van der Waals surface area contributed by atoms with Crippen LogP contribution in [0.4, 0.5) is 0 Å². The fourth-order valence-electron chi connectivity index (χ4n) is 2.42. The molecular weight excluding hydrogens is 333 g/mol. The Morgan fingerprint density at radius 1 is 1.26 bits per heavy atom. The minimum absolute atomic E-state index is 0.0863. The molecule has 0 unspecified atom stereocenters. The van der Waals surface area contributed by atoms with Gasteiger partial charge in [-0.1, -0.05) is 13.8 Å². The molecule has 1 fully saturated rings. The summed E-state index contributed by atoms with van der Waals surface area (Å²) >= 11 is 0. The predicted octanol–water partition coefficient (Wildman–Crippen LogP) is 3.44. The summed E-state index contributed by atoms with van der Waals surface area (Å²) in [6.07, 6.45) is 0. The van der Waals surface area contributed by atoms with Crippen molar-refractivity contribution >= 4 is 15.9 Å². The summed E-state index contributed by atoms with van der Waals surface area (Å²) < 4.78 is 36.7. The Morgan fingerprint density at radius 2 is 1.83 bits per heavy atom. The molecule has 23 heavy (non-hydrogen) atoms. The minimum atomic E-state index is -3.43. The van der Waals surface area contributed by atoms with E-state index in [4.69, 9.17) is 18.2 Å². The zero-order chi connectivity index (χ0) is 17.7. The molecular formula is C15H34NO5PSi. The van der Waals surface area contributed by atoms with Crippen molar-refractivity contribution in [3.05, 3.63) is 0 Å². The van der Waals surface area contributed by atoms with Gasteiger partial charge >= 0.3 is 7.60 Å². The highest BCUT2D eigenvalue weighted by Gasteiger charge is 2.55. The van der Waals surface area contributed by atoms with Crippen molar-refractivity contribution in [1.82, 2.24) is 5.32 Å². The van der Waals surface area contributed by atoms with Crippen LogP contribution in [-0.4, -0.2) is 52.7 Å². The van der Waals surface area contributed by atoms with Crippen LogP contribution in [-0.2, 0) is 22.8 Å². The van der Waals surface area contributed by atoms with Crippen LogP contribution in [0.1, 0.15) is 27.7 Å². The van der Waals surface area contributed by atoms with Crippen LogP contribution < -0.4 is 5.32 Å². The molecule has 1 heterocycles. The van der Waals surface area contributed by atoms with Crippen LogP contribution in [0.15, 0.2) is 0 Å². The first-order valence-electron chi connectivity index (χ1n) is 8.48. The van der Waals surface area contributed by atoms with Gasteiger partial charge in [0.25, 0.3) is 0 Å². The van der Waals surface area contributed by atoms with E-state index in [0.29, 0.717) is 25.7 Å². The largest absolute Gasteiger partial charge is 0.415 e. The van der Waals surface area contributed by atoms with E-state index in [-0.39, 0.29) is 19.3 Å². The molecule has 1 aliphatic rings. The first kappa shape index (κ1) is 21.3. The molecule has 0 radical (unpaired) electrons. The summed E-state index contributed by atoms with van der Waals surface area (Å²) in [6.45, 7) is 16.0. The van der Waals surface area contributed by atoms with Crippen LogP contribution in [0, 0.1) is 5.92 Å². The van der Waals surface area contributed by atoms with E-state index in [1.807, 2.05) is 13.8 Å². The lowest BCUT2D eigenvalue weighted by Crippen LogP contribution is -2.63. The maximum atomic E-state index is 13.5. The lowest BCUT2D eigenvalue weighted by Gasteiger charge is -2.46. The van der Waals surface area contributed by atoms with Gasteiger partial charge in [0.1, 0.15) is 0 Å². The van der Waals surface area contributed by atoms with Gasteiger partial charge in [0.2, 0.25) is 0 Å². The van der Waals surface area contributed by atoms with Gasteiger partial charge in [-0.15, -0.1) is 0 Å². The number of hydrogen-bond donors (Lipinski definition) is 1. The van der Waals surface area contributed by atoms with Crippen molar-refractivity contribution in [3.8, 4) is 0 Å². The molecule has 1 aliphatic heterocycles. The average Bonchev–Trinajstić information content (AvgIpc) is 2.45. The van der Waals surface area contributed by atoms with Crippen molar-refractivity contribution in [2.45, 2.75) is 58.7 Å². The number of morpholine rings is 1. The number of nitrogens with one attached hydrogen (secondary N) is 1. The van der Waals surface area contributed by atoms with Gasteiger partial charge in [-0.25, -0.2) is 0 Å². The normalized spacial score (nSPS) is 26.7. The van der Waals surface area contributed by atoms with E-state index < -0.39 is 21.2 Å². The van der Waals surface area contributed by atoms with Crippen molar-refractivity contribution < 1.29 is 22.8 Å². The van der Waals surface area contributed by atoms with Crippen LogP contribution in [0.2, 0.25) is 19.6 Å². The highest BCUT2D eigenvalue weighted by molar-refractivity contribution is 7.55. The van der Waals surface area contributed by atoms with Crippen LogP contribution in [0.5, 0.6) is 0 Å². The number of hydrogen-bond acceptors (Lipinski definition) is 6. The van der Waals surface area contributed by atoms with Gasteiger partial charge in [0, 0.05) is 6.04 Å². The molecule has 0 saturated carbocycles. The molecule has 1 saturated heterocycles. The van der Waals surface area contributed by atoms with E-state index in [0.717, 1.165) is 0 Å². The van der Waals surface area contributed by atoms with E-state index in [1.165, 1.54) is 0 Å². The fraction of sp³-hybridized carbons (Fsp3) is 1.00. The van der Waals surface area contributed by atoms with Gasteiger partial charge in [-0.05, 0) is 39.4 Å². The molecule has 0 amide bonds. The first-order chi connectivity index (χ1) is 10.6. The molecule has 138 valence electrons. The topological polar surface area (TPSA) is 66.0 Å². The molecule has 6 nitrogen and oxygen atoms in total. The Kier molecular flexibility index (Phi) is 7.93. The molecule has 0 aromatic rings. The van der Waals surface area contributed by atoms with Gasteiger partial charge in [0.05, 0.1) is 33.0 Å². The second kappa shape index (κ2) is 8.56. The van der Waals surface area contributed by atoms with E-state index in [1.54, 1.807) is 0 Å². The van der Waals surface area contributed by atoms with Gasteiger partial charge in [-0.3, -0.25) is 9.88 Å². The smallest absolute Gasteiger partial charge is 0.355 e. The molecule has 8 heteroatoms. The minimum Gasteiger partial charge on any atom is -0.415 e. The molecule has 1 N–H and O–H groups in total. The van der Waals surface area contributed by atoms with Gasteiger partial charge in [-0.2, -0.15) is 0 Å². The Hall–Kier alpha value is 0.247. The van der Waals surface area contributed by atoms with E-state index >= 15 is 0 Å². The third kappa shape index (κ3) is 5.63. The molecule has 0 aromatic carbocycles. The lowest BCUT2D eigenvalue weighted by molar-refractivity contribution is -0.0130. The Morgan fingerprint density at radius 3 is 2.26 bits per heavy atom. The second-order valence-electron chi connectivity index (χ2n) is 7.28. The van der Waals surface area contributed by atoms with Crippen LogP contribution >= 0.6 is 7.60 Å². The monoisotopic (exact) mass is 367 g/mol. The Balaban J connectivity index is 3.15. The first-order valence-corrected chi connectivity index (χ1v) is 13.4. The summed E-state index contributed by atoms with van der Waals surface area (Å²) in [5.74, 6) is 0.346. The van der Waals surface area contributed by atoms with Crippen molar-refractivity contribution in [3.63, 3.8) is 0 Å². The fourth-order valence-corrected chi connectivity index (χ4v) is 5.27. The lowest BCUT2D eigenvalue weighted by atomic mass is 10.0. The van der Waals surface area contributed by atoms with E-state index in [2.05, 4.69) is 38.8 Å². The van der Waals surface area contributed by atoms with Crippen LogP contribution in [0.3, 0.4) is 0 Å². The van der Waals surface area contributed by atoms with E-state index in [9.17, 15) is 4.57 Å². The van der Waals surface area contributed by atoms with Crippen molar-refractivity contribution in [2.75, 3.05) is 33.0 Å². The summed E-state index contributed by atoms with van der Waals surface area (Å²) in [5.41, 5.74) is 0. The molecule has 0 bridgehead atoms. The zero-order valence-electron chi connectivity index (χ0n) is 15.7.